The van der Waals surface area contributed by atoms with Crippen molar-refractivity contribution in [2.45, 2.75) is 39.7 Å². The standard InChI is InChI=1S/C15H21N3O4/c1-11-12(9-13(10-17-11)18(20)21)7-5-6-8-16-14(19)22-15(2,3)4/h5,7,9-10H,6,8H2,1-4H3,(H,16,19). The number of nitrogens with zero attached hydrogens (tertiary/aromatic N) is 2. The molecule has 0 saturated carbocycles. The van der Waals surface area contributed by atoms with Crippen LogP contribution >= 0.6 is 0 Å². The maximum Gasteiger partial charge on any atom is 0.407 e. The van der Waals surface area contributed by atoms with Crippen LogP contribution in [0.15, 0.2) is 18.3 Å². The number of hydrogen-bond acceptors (Lipinski definition) is 5. The Kier molecular flexibility index (Phi) is 6.03. The van der Waals surface area contributed by atoms with Crippen LogP contribution in [0.1, 0.15) is 38.4 Å². The predicted molar refractivity (Wildman–Crippen MR) is 83.5 cm³/mol. The van der Waals surface area contributed by atoms with Gasteiger partial charge < -0.3 is 10.1 Å². The second kappa shape index (κ2) is 7.53. The molecule has 1 amide bonds. The number of aromatic nitrogens is 1. The Labute approximate surface area is 129 Å². The first kappa shape index (κ1) is 17.6. The number of nitrogens with one attached hydrogen (secondary N) is 1. The SMILES string of the molecule is Cc1ncc([N+](=O)[O-])cc1C=CCCNC(=O)OC(C)(C)C. The molecule has 22 heavy (non-hydrogen) atoms. The number of hydrogen-bond donors (Lipinski definition) is 1. The van der Waals surface area contributed by atoms with Crippen LogP contribution < -0.4 is 5.32 Å². The van der Waals surface area contributed by atoms with Gasteiger partial charge in [0.05, 0.1) is 4.92 Å². The van der Waals surface area contributed by atoms with Gasteiger partial charge in [0.25, 0.3) is 5.69 Å². The molecule has 1 N–H and O–H groups in total. The molecule has 1 aromatic heterocycles. The van der Waals surface area contributed by atoms with Crippen molar-refractivity contribution in [3.05, 3.63) is 39.7 Å². The van der Waals surface area contributed by atoms with Crippen molar-refractivity contribution >= 4 is 17.9 Å². The first-order valence-corrected chi connectivity index (χ1v) is 6.93. The Hall–Kier alpha value is -2.44. The summed E-state index contributed by atoms with van der Waals surface area (Å²) in [4.78, 5) is 25.6. The Bertz CT molecular complexity index is 577. The Morgan fingerprint density at radius 1 is 1.50 bits per heavy atom. The number of nitro groups is 1. The van der Waals surface area contributed by atoms with Gasteiger partial charge in [-0.3, -0.25) is 15.1 Å². The van der Waals surface area contributed by atoms with Crippen molar-refractivity contribution in [1.29, 1.82) is 0 Å². The molecule has 0 aliphatic carbocycles. The summed E-state index contributed by atoms with van der Waals surface area (Å²) in [6.07, 6.45) is 4.93. The zero-order valence-electron chi connectivity index (χ0n) is 13.3. The van der Waals surface area contributed by atoms with Gasteiger partial charge >= 0.3 is 6.09 Å². The van der Waals surface area contributed by atoms with E-state index >= 15 is 0 Å². The lowest BCUT2D eigenvalue weighted by molar-refractivity contribution is -0.385. The molecular formula is C15H21N3O4. The highest BCUT2D eigenvalue weighted by atomic mass is 16.6. The molecule has 1 aromatic rings. The summed E-state index contributed by atoms with van der Waals surface area (Å²) < 4.78 is 5.10. The summed E-state index contributed by atoms with van der Waals surface area (Å²) in [7, 11) is 0. The fourth-order valence-corrected chi connectivity index (χ4v) is 1.59. The second-order valence-electron chi connectivity index (χ2n) is 5.74. The van der Waals surface area contributed by atoms with E-state index in [-0.39, 0.29) is 5.69 Å². The van der Waals surface area contributed by atoms with Gasteiger partial charge in [0.1, 0.15) is 11.8 Å². The zero-order valence-corrected chi connectivity index (χ0v) is 13.3. The van der Waals surface area contributed by atoms with Crippen molar-refractivity contribution in [1.82, 2.24) is 10.3 Å². The molecule has 120 valence electrons. The van der Waals surface area contributed by atoms with E-state index < -0.39 is 16.6 Å². The smallest absolute Gasteiger partial charge is 0.407 e. The third-order valence-corrected chi connectivity index (χ3v) is 2.60. The molecule has 7 nitrogen and oxygen atoms in total. The van der Waals surface area contributed by atoms with E-state index in [9.17, 15) is 14.9 Å². The van der Waals surface area contributed by atoms with Crippen LogP contribution in [0.3, 0.4) is 0 Å². The maximum absolute atomic E-state index is 11.4. The Morgan fingerprint density at radius 3 is 2.77 bits per heavy atom. The van der Waals surface area contributed by atoms with Gasteiger partial charge in [-0.15, -0.1) is 0 Å². The van der Waals surface area contributed by atoms with Crippen LogP contribution in [-0.2, 0) is 4.74 Å². The molecule has 1 heterocycles. The van der Waals surface area contributed by atoms with E-state index in [1.807, 2.05) is 6.08 Å². The van der Waals surface area contributed by atoms with Crippen LogP contribution in [0, 0.1) is 17.0 Å². The van der Waals surface area contributed by atoms with E-state index in [1.54, 1.807) is 33.8 Å². The normalized spacial score (nSPS) is 11.5. The number of pyridine rings is 1. The maximum atomic E-state index is 11.4. The minimum absolute atomic E-state index is 0.0443. The van der Waals surface area contributed by atoms with Crippen molar-refractivity contribution in [2.24, 2.45) is 0 Å². The van der Waals surface area contributed by atoms with E-state index in [1.165, 1.54) is 12.3 Å². The molecular weight excluding hydrogens is 286 g/mol. The number of amides is 1. The number of carbonyl (C=O) groups is 1. The summed E-state index contributed by atoms with van der Waals surface area (Å²) in [5.74, 6) is 0. The molecule has 0 fully saturated rings. The third-order valence-electron chi connectivity index (χ3n) is 2.60. The molecule has 1 rings (SSSR count). The summed E-state index contributed by atoms with van der Waals surface area (Å²) >= 11 is 0. The summed E-state index contributed by atoms with van der Waals surface area (Å²) in [5.41, 5.74) is 0.830. The summed E-state index contributed by atoms with van der Waals surface area (Å²) in [6, 6.07) is 1.47. The molecule has 0 aliphatic rings. The highest BCUT2D eigenvalue weighted by molar-refractivity contribution is 5.67. The predicted octanol–water partition coefficient (Wildman–Crippen LogP) is 3.23. The lowest BCUT2D eigenvalue weighted by Crippen LogP contribution is -2.32. The van der Waals surface area contributed by atoms with Crippen molar-refractivity contribution in [3.63, 3.8) is 0 Å². The highest BCUT2D eigenvalue weighted by Gasteiger charge is 2.15. The van der Waals surface area contributed by atoms with Gasteiger partial charge in [0.2, 0.25) is 0 Å². The molecule has 0 bridgehead atoms. The molecule has 0 atom stereocenters. The number of ether oxygens (including phenoxy) is 1. The molecule has 0 saturated heterocycles. The van der Waals surface area contributed by atoms with Crippen LogP contribution in [0.4, 0.5) is 10.5 Å². The van der Waals surface area contributed by atoms with Gasteiger partial charge in [-0.2, -0.15) is 0 Å². The number of alkyl carbamates (subject to hydrolysis) is 1. The van der Waals surface area contributed by atoms with Crippen molar-refractivity contribution < 1.29 is 14.5 Å². The van der Waals surface area contributed by atoms with E-state index in [0.29, 0.717) is 24.2 Å². The minimum Gasteiger partial charge on any atom is -0.444 e. The van der Waals surface area contributed by atoms with Gasteiger partial charge in [-0.25, -0.2) is 4.79 Å². The Morgan fingerprint density at radius 2 is 2.18 bits per heavy atom. The lowest BCUT2D eigenvalue weighted by Gasteiger charge is -2.19. The van der Waals surface area contributed by atoms with Gasteiger partial charge in [0.15, 0.2) is 0 Å². The molecule has 7 heteroatoms. The molecule has 0 aliphatic heterocycles. The fraction of sp³-hybridized carbons (Fsp3) is 0.467. The van der Waals surface area contributed by atoms with Gasteiger partial charge in [-0.05, 0) is 34.1 Å². The first-order chi connectivity index (χ1) is 10.2. The molecule has 0 radical (unpaired) electrons. The summed E-state index contributed by atoms with van der Waals surface area (Å²) in [6.45, 7) is 7.59. The molecule has 0 unspecified atom stereocenters. The largest absolute Gasteiger partial charge is 0.444 e. The number of rotatable bonds is 5. The molecule has 0 spiro atoms. The monoisotopic (exact) mass is 307 g/mol. The second-order valence-corrected chi connectivity index (χ2v) is 5.74. The first-order valence-electron chi connectivity index (χ1n) is 6.93. The molecule has 0 aromatic carbocycles. The lowest BCUT2D eigenvalue weighted by atomic mass is 10.1. The van der Waals surface area contributed by atoms with Gasteiger partial charge in [-0.1, -0.05) is 12.2 Å². The van der Waals surface area contributed by atoms with Crippen molar-refractivity contribution in [3.8, 4) is 0 Å². The van der Waals surface area contributed by atoms with E-state index in [4.69, 9.17) is 4.74 Å². The van der Waals surface area contributed by atoms with Crippen LogP contribution in [0.25, 0.3) is 6.08 Å². The fourth-order valence-electron chi connectivity index (χ4n) is 1.59. The van der Waals surface area contributed by atoms with E-state index in [0.717, 1.165) is 0 Å². The average Bonchev–Trinajstić information content (AvgIpc) is 2.37. The minimum atomic E-state index is -0.522. The van der Waals surface area contributed by atoms with Crippen molar-refractivity contribution in [2.75, 3.05) is 6.54 Å². The van der Waals surface area contributed by atoms with E-state index in [2.05, 4.69) is 10.3 Å². The van der Waals surface area contributed by atoms with Crippen LogP contribution in [-0.4, -0.2) is 28.1 Å². The van der Waals surface area contributed by atoms with Gasteiger partial charge in [0, 0.05) is 23.9 Å². The summed E-state index contributed by atoms with van der Waals surface area (Å²) in [5, 5.41) is 13.3. The van der Waals surface area contributed by atoms with Crippen LogP contribution in [0.5, 0.6) is 0 Å². The topological polar surface area (TPSA) is 94.4 Å². The quantitative estimate of drug-likeness (QED) is 0.512. The number of carbonyl (C=O) groups excluding carboxylic acids is 1. The number of aryl methyl sites for hydroxylation is 1. The Balaban J connectivity index is 2.48. The average molecular weight is 307 g/mol. The third kappa shape index (κ3) is 6.34. The van der Waals surface area contributed by atoms with Crippen LogP contribution in [0.2, 0.25) is 0 Å². The zero-order chi connectivity index (χ0) is 16.8. The highest BCUT2D eigenvalue weighted by Crippen LogP contribution is 2.16.